The van der Waals surface area contributed by atoms with E-state index in [0.29, 0.717) is 12.3 Å². The van der Waals surface area contributed by atoms with Crippen LogP contribution in [0.5, 0.6) is 11.5 Å². The number of nitrogens with zero attached hydrogens (tertiary/aromatic N) is 1. The Kier molecular flexibility index (Phi) is 9.18. The molecule has 0 saturated heterocycles. The molecule has 1 saturated carbocycles. The number of nitrogens with one attached hydrogen (secondary N) is 1. The molecule has 2 amide bonds. The number of carbonyl (C=O) groups is 2. The van der Waals surface area contributed by atoms with Gasteiger partial charge in [0.1, 0.15) is 17.5 Å². The molecule has 0 aromatic heterocycles. The first-order valence-electron chi connectivity index (χ1n) is 11.5. The highest BCUT2D eigenvalue weighted by Crippen LogP contribution is 2.26. The first kappa shape index (κ1) is 25.1. The van der Waals surface area contributed by atoms with Crippen LogP contribution in [0.1, 0.15) is 50.7 Å². The van der Waals surface area contributed by atoms with Crippen LogP contribution in [0.25, 0.3) is 0 Å². The molecule has 3 rings (SSSR count). The second-order valence-electron chi connectivity index (χ2n) is 8.44. The van der Waals surface area contributed by atoms with Crippen LogP contribution in [0.15, 0.2) is 46.9 Å². The van der Waals surface area contributed by atoms with Crippen LogP contribution in [0, 0.1) is 0 Å². The van der Waals surface area contributed by atoms with Crippen LogP contribution < -0.4 is 14.8 Å². The summed E-state index contributed by atoms with van der Waals surface area (Å²) in [6.07, 6.45) is 5.17. The van der Waals surface area contributed by atoms with Gasteiger partial charge >= 0.3 is 0 Å². The molecule has 1 aliphatic carbocycles. The Morgan fingerprint density at radius 2 is 1.79 bits per heavy atom. The zero-order valence-electron chi connectivity index (χ0n) is 19.6. The van der Waals surface area contributed by atoms with Gasteiger partial charge in [-0.3, -0.25) is 9.59 Å². The maximum atomic E-state index is 13.2. The summed E-state index contributed by atoms with van der Waals surface area (Å²) in [5.41, 5.74) is 2.09. The molecule has 1 atom stereocenters. The Morgan fingerprint density at radius 3 is 2.39 bits per heavy atom. The molecule has 0 aliphatic heterocycles. The minimum Gasteiger partial charge on any atom is -0.497 e. The van der Waals surface area contributed by atoms with Crippen molar-refractivity contribution in [3.63, 3.8) is 0 Å². The minimum absolute atomic E-state index is 0.128. The van der Waals surface area contributed by atoms with E-state index >= 15 is 0 Å². The van der Waals surface area contributed by atoms with E-state index in [2.05, 4.69) is 28.2 Å². The van der Waals surface area contributed by atoms with Crippen LogP contribution in [-0.2, 0) is 22.6 Å². The number of benzene rings is 2. The van der Waals surface area contributed by atoms with E-state index in [4.69, 9.17) is 9.47 Å². The predicted molar refractivity (Wildman–Crippen MR) is 132 cm³/mol. The van der Waals surface area contributed by atoms with E-state index in [9.17, 15) is 9.59 Å². The van der Waals surface area contributed by atoms with Crippen LogP contribution in [0.4, 0.5) is 0 Å². The predicted octanol–water partition coefficient (Wildman–Crippen LogP) is 4.88. The molecule has 6 nitrogen and oxygen atoms in total. The molecular weight excluding hydrogens is 484 g/mol. The largest absolute Gasteiger partial charge is 0.497 e. The minimum atomic E-state index is -0.616. The summed E-state index contributed by atoms with van der Waals surface area (Å²) >= 11 is 3.52. The van der Waals surface area contributed by atoms with E-state index in [1.807, 2.05) is 42.5 Å². The lowest BCUT2D eigenvalue weighted by Gasteiger charge is -2.29. The third kappa shape index (κ3) is 6.97. The fraction of sp³-hybridized carbons (Fsp3) is 0.462. The summed E-state index contributed by atoms with van der Waals surface area (Å²) in [6.45, 7) is 4.02. The second kappa shape index (κ2) is 12.1. The lowest BCUT2D eigenvalue weighted by Crippen LogP contribution is -2.50. The van der Waals surface area contributed by atoms with Gasteiger partial charge in [-0.05, 0) is 77.5 Å². The molecule has 33 heavy (non-hydrogen) atoms. The number of amides is 2. The van der Waals surface area contributed by atoms with Crippen molar-refractivity contribution in [3.05, 3.63) is 58.1 Å². The number of halogens is 1. The van der Waals surface area contributed by atoms with Gasteiger partial charge in [0.25, 0.3) is 5.91 Å². The van der Waals surface area contributed by atoms with Crippen molar-refractivity contribution in [1.82, 2.24) is 10.2 Å². The number of aryl methyl sites for hydroxylation is 1. The highest BCUT2D eigenvalue weighted by Gasteiger charge is 2.28. The first-order valence-corrected chi connectivity index (χ1v) is 12.3. The van der Waals surface area contributed by atoms with Gasteiger partial charge in [0.15, 0.2) is 6.61 Å². The van der Waals surface area contributed by atoms with Gasteiger partial charge in [-0.1, -0.05) is 38.0 Å². The number of carbonyl (C=O) groups excluding carboxylic acids is 2. The Hall–Kier alpha value is -2.54. The average molecular weight is 517 g/mol. The van der Waals surface area contributed by atoms with E-state index < -0.39 is 6.04 Å². The fourth-order valence-electron chi connectivity index (χ4n) is 4.01. The molecule has 2 aromatic carbocycles. The van der Waals surface area contributed by atoms with Gasteiger partial charge in [0, 0.05) is 12.6 Å². The average Bonchev–Trinajstić information content (AvgIpc) is 3.34. The summed E-state index contributed by atoms with van der Waals surface area (Å²) in [6, 6.07) is 12.9. The van der Waals surface area contributed by atoms with Gasteiger partial charge in [-0.25, -0.2) is 0 Å². The Balaban J connectivity index is 1.72. The van der Waals surface area contributed by atoms with Crippen molar-refractivity contribution in [2.45, 2.75) is 64.6 Å². The lowest BCUT2D eigenvalue weighted by molar-refractivity contribution is -0.142. The standard InChI is InChI=1S/C26H33BrN2O4/c1-4-19-11-14-24(23(27)15-19)33-17-25(30)29(16-20-9-12-22(32-3)13-10-20)18(2)26(31)28-21-7-5-6-8-21/h9-15,18,21H,4-8,16-17H2,1-3H3,(H,28,31). The van der Waals surface area contributed by atoms with Gasteiger partial charge in [0.2, 0.25) is 5.91 Å². The normalized spacial score (nSPS) is 14.5. The topological polar surface area (TPSA) is 67.9 Å². The molecule has 178 valence electrons. The number of methoxy groups -OCH3 is 1. The SMILES string of the molecule is CCc1ccc(OCC(=O)N(Cc2ccc(OC)cc2)C(C)C(=O)NC2CCCC2)c(Br)c1. The molecule has 0 radical (unpaired) electrons. The van der Waals surface area contributed by atoms with Crippen LogP contribution in [0.2, 0.25) is 0 Å². The molecule has 0 heterocycles. The number of ether oxygens (including phenoxy) is 2. The fourth-order valence-corrected chi connectivity index (χ4v) is 4.55. The maximum Gasteiger partial charge on any atom is 0.261 e. The number of hydrogen-bond acceptors (Lipinski definition) is 4. The smallest absolute Gasteiger partial charge is 0.261 e. The molecule has 0 bridgehead atoms. The third-order valence-corrected chi connectivity index (χ3v) is 6.76. The van der Waals surface area contributed by atoms with Gasteiger partial charge in [-0.2, -0.15) is 0 Å². The van der Waals surface area contributed by atoms with Crippen molar-refractivity contribution < 1.29 is 19.1 Å². The van der Waals surface area contributed by atoms with Crippen LogP contribution in [-0.4, -0.2) is 42.5 Å². The molecule has 1 fully saturated rings. The van der Waals surface area contributed by atoms with E-state index in [0.717, 1.165) is 47.9 Å². The quantitative estimate of drug-likeness (QED) is 0.488. The third-order valence-electron chi connectivity index (χ3n) is 6.14. The van der Waals surface area contributed by atoms with Crippen LogP contribution in [0.3, 0.4) is 0 Å². The first-order chi connectivity index (χ1) is 15.9. The summed E-state index contributed by atoms with van der Waals surface area (Å²) in [4.78, 5) is 27.8. The summed E-state index contributed by atoms with van der Waals surface area (Å²) in [7, 11) is 1.61. The summed E-state index contributed by atoms with van der Waals surface area (Å²) < 4.78 is 11.9. The zero-order chi connectivity index (χ0) is 23.8. The molecule has 0 spiro atoms. The van der Waals surface area contributed by atoms with E-state index in [-0.39, 0.29) is 24.5 Å². The monoisotopic (exact) mass is 516 g/mol. The van der Waals surface area contributed by atoms with Crippen molar-refractivity contribution >= 4 is 27.7 Å². The second-order valence-corrected chi connectivity index (χ2v) is 9.30. The van der Waals surface area contributed by atoms with Crippen molar-refractivity contribution in [3.8, 4) is 11.5 Å². The van der Waals surface area contributed by atoms with Crippen LogP contribution >= 0.6 is 15.9 Å². The Bertz CT molecular complexity index is 942. The Morgan fingerprint density at radius 1 is 1.12 bits per heavy atom. The van der Waals surface area contributed by atoms with Crippen molar-refractivity contribution in [1.29, 1.82) is 0 Å². The summed E-state index contributed by atoms with van der Waals surface area (Å²) in [5, 5.41) is 3.11. The van der Waals surface area contributed by atoms with E-state index in [1.165, 1.54) is 5.56 Å². The number of hydrogen-bond donors (Lipinski definition) is 1. The van der Waals surface area contributed by atoms with Gasteiger partial charge < -0.3 is 19.7 Å². The molecule has 2 aromatic rings. The van der Waals surface area contributed by atoms with Gasteiger partial charge in [-0.15, -0.1) is 0 Å². The van der Waals surface area contributed by atoms with E-state index in [1.54, 1.807) is 18.9 Å². The number of rotatable bonds is 10. The molecule has 1 aliphatic rings. The Labute approximate surface area is 204 Å². The highest BCUT2D eigenvalue weighted by molar-refractivity contribution is 9.10. The summed E-state index contributed by atoms with van der Waals surface area (Å²) in [5.74, 6) is 0.976. The highest BCUT2D eigenvalue weighted by atomic mass is 79.9. The lowest BCUT2D eigenvalue weighted by atomic mass is 10.1. The maximum absolute atomic E-state index is 13.2. The molecule has 1 unspecified atom stereocenters. The van der Waals surface area contributed by atoms with Crippen molar-refractivity contribution in [2.24, 2.45) is 0 Å². The molecule has 7 heteroatoms. The zero-order valence-corrected chi connectivity index (χ0v) is 21.2. The molecular formula is C26H33BrN2O4. The van der Waals surface area contributed by atoms with Gasteiger partial charge in [0.05, 0.1) is 11.6 Å². The molecule has 1 N–H and O–H groups in total. The van der Waals surface area contributed by atoms with Crippen molar-refractivity contribution in [2.75, 3.05) is 13.7 Å².